The molecule has 11 heavy (non-hydrogen) atoms. The minimum atomic E-state index is -0.405. The van der Waals surface area contributed by atoms with Gasteiger partial charge < -0.3 is 9.94 Å². The van der Waals surface area contributed by atoms with E-state index in [1.807, 2.05) is 27.7 Å². The Morgan fingerprint density at radius 2 is 1.91 bits per heavy atom. The lowest BCUT2D eigenvalue weighted by Gasteiger charge is -2.22. The van der Waals surface area contributed by atoms with Crippen molar-refractivity contribution in [1.82, 2.24) is 0 Å². The van der Waals surface area contributed by atoms with Gasteiger partial charge in [-0.25, -0.2) is 0 Å². The maximum atomic E-state index is 8.64. The van der Waals surface area contributed by atoms with Gasteiger partial charge in [0, 0.05) is 6.42 Å². The SMILES string of the molecule is CC1(C)C/C(=N\O)C(C)(C)O1. The van der Waals surface area contributed by atoms with Gasteiger partial charge in [-0.1, -0.05) is 5.16 Å². The van der Waals surface area contributed by atoms with Gasteiger partial charge in [-0.2, -0.15) is 0 Å². The normalized spacial score (nSPS) is 31.1. The van der Waals surface area contributed by atoms with Crippen molar-refractivity contribution in [3.8, 4) is 0 Å². The summed E-state index contributed by atoms with van der Waals surface area (Å²) in [5, 5.41) is 11.9. The Morgan fingerprint density at radius 3 is 2.09 bits per heavy atom. The third-order valence-electron chi connectivity index (χ3n) is 1.94. The van der Waals surface area contributed by atoms with Crippen LogP contribution in [-0.4, -0.2) is 22.1 Å². The summed E-state index contributed by atoms with van der Waals surface area (Å²) in [6.45, 7) is 7.81. The monoisotopic (exact) mass is 157 g/mol. The molecule has 1 aliphatic rings. The predicted molar refractivity (Wildman–Crippen MR) is 43.1 cm³/mol. The van der Waals surface area contributed by atoms with Crippen molar-refractivity contribution in [1.29, 1.82) is 0 Å². The molecule has 0 aromatic heterocycles. The number of hydrogen-bond acceptors (Lipinski definition) is 3. The highest BCUT2D eigenvalue weighted by Gasteiger charge is 2.43. The summed E-state index contributed by atoms with van der Waals surface area (Å²) >= 11 is 0. The van der Waals surface area contributed by atoms with Gasteiger partial charge in [-0.05, 0) is 27.7 Å². The lowest BCUT2D eigenvalue weighted by Crippen LogP contribution is -2.29. The van der Waals surface area contributed by atoms with Gasteiger partial charge in [0.1, 0.15) is 5.60 Å². The molecule has 3 nitrogen and oxygen atoms in total. The van der Waals surface area contributed by atoms with Gasteiger partial charge >= 0.3 is 0 Å². The van der Waals surface area contributed by atoms with Crippen molar-refractivity contribution in [3.05, 3.63) is 0 Å². The summed E-state index contributed by atoms with van der Waals surface area (Å²) in [7, 11) is 0. The molecular weight excluding hydrogens is 142 g/mol. The second kappa shape index (κ2) is 2.21. The Balaban J connectivity index is 2.89. The molecule has 0 amide bonds. The van der Waals surface area contributed by atoms with Gasteiger partial charge in [-0.15, -0.1) is 0 Å². The highest BCUT2D eigenvalue weighted by Crippen LogP contribution is 2.34. The summed E-state index contributed by atoms with van der Waals surface area (Å²) in [5.41, 5.74) is 0.131. The van der Waals surface area contributed by atoms with Crippen molar-refractivity contribution in [3.63, 3.8) is 0 Å². The molecule has 0 aliphatic carbocycles. The maximum absolute atomic E-state index is 8.64. The van der Waals surface area contributed by atoms with E-state index in [9.17, 15) is 0 Å². The smallest absolute Gasteiger partial charge is 0.105 e. The van der Waals surface area contributed by atoms with E-state index in [4.69, 9.17) is 9.94 Å². The summed E-state index contributed by atoms with van der Waals surface area (Å²) in [5.74, 6) is 0. The molecule has 1 N–H and O–H groups in total. The summed E-state index contributed by atoms with van der Waals surface area (Å²) < 4.78 is 5.65. The van der Waals surface area contributed by atoms with Crippen LogP contribution in [-0.2, 0) is 4.74 Å². The van der Waals surface area contributed by atoms with E-state index in [1.54, 1.807) is 0 Å². The van der Waals surface area contributed by atoms with Crippen LogP contribution in [0.5, 0.6) is 0 Å². The Kier molecular flexibility index (Phi) is 1.71. The average molecular weight is 157 g/mol. The molecule has 0 saturated carbocycles. The molecule has 0 unspecified atom stereocenters. The number of oxime groups is 1. The second-order valence-electron chi connectivity index (χ2n) is 4.10. The first-order chi connectivity index (χ1) is 4.87. The number of hydrogen-bond donors (Lipinski definition) is 1. The van der Waals surface area contributed by atoms with Crippen LogP contribution in [0.4, 0.5) is 0 Å². The van der Waals surface area contributed by atoms with E-state index in [-0.39, 0.29) is 5.60 Å². The van der Waals surface area contributed by atoms with Crippen LogP contribution in [0, 0.1) is 0 Å². The van der Waals surface area contributed by atoms with Crippen molar-refractivity contribution in [2.75, 3.05) is 0 Å². The van der Waals surface area contributed by atoms with E-state index in [1.165, 1.54) is 0 Å². The summed E-state index contributed by atoms with van der Waals surface area (Å²) in [6.07, 6.45) is 0.705. The van der Waals surface area contributed by atoms with Crippen molar-refractivity contribution < 1.29 is 9.94 Å². The quantitative estimate of drug-likeness (QED) is 0.430. The van der Waals surface area contributed by atoms with Crippen LogP contribution in [0.2, 0.25) is 0 Å². The van der Waals surface area contributed by atoms with Crippen LogP contribution in [0.15, 0.2) is 5.16 Å². The van der Waals surface area contributed by atoms with Crippen LogP contribution in [0.3, 0.4) is 0 Å². The molecule has 1 saturated heterocycles. The third kappa shape index (κ3) is 1.53. The second-order valence-corrected chi connectivity index (χ2v) is 4.10. The number of nitrogens with zero attached hydrogens (tertiary/aromatic N) is 1. The lowest BCUT2D eigenvalue weighted by atomic mass is 9.98. The number of rotatable bonds is 0. The predicted octanol–water partition coefficient (Wildman–Crippen LogP) is 1.79. The molecule has 64 valence electrons. The molecule has 0 atom stereocenters. The minimum absolute atomic E-state index is 0.189. The Labute approximate surface area is 67.0 Å². The van der Waals surface area contributed by atoms with Crippen molar-refractivity contribution in [2.24, 2.45) is 5.16 Å². The fourth-order valence-corrected chi connectivity index (χ4v) is 1.56. The molecule has 1 aliphatic heterocycles. The standard InChI is InChI=1S/C8H15NO2/c1-7(2)5-6(9-10)8(3,4)11-7/h10H,5H2,1-4H3/b9-6+. The average Bonchev–Trinajstić information content (AvgIpc) is 1.99. The van der Waals surface area contributed by atoms with E-state index in [0.717, 1.165) is 5.71 Å². The van der Waals surface area contributed by atoms with Crippen LogP contribution < -0.4 is 0 Å². The van der Waals surface area contributed by atoms with E-state index in [2.05, 4.69) is 5.16 Å². The zero-order chi connectivity index (χ0) is 8.70. The van der Waals surface area contributed by atoms with Gasteiger partial charge in [0.05, 0.1) is 11.3 Å². The van der Waals surface area contributed by atoms with E-state index >= 15 is 0 Å². The molecule has 0 aromatic rings. The Hall–Kier alpha value is -0.570. The van der Waals surface area contributed by atoms with Gasteiger partial charge in [-0.3, -0.25) is 0 Å². The fraction of sp³-hybridized carbons (Fsp3) is 0.875. The topological polar surface area (TPSA) is 41.8 Å². The lowest BCUT2D eigenvalue weighted by molar-refractivity contribution is -0.0518. The van der Waals surface area contributed by atoms with Crippen LogP contribution in [0.25, 0.3) is 0 Å². The van der Waals surface area contributed by atoms with E-state index < -0.39 is 5.60 Å². The Bertz CT molecular complexity index is 194. The maximum Gasteiger partial charge on any atom is 0.105 e. The van der Waals surface area contributed by atoms with Crippen LogP contribution in [0.1, 0.15) is 34.1 Å². The molecular formula is C8H15NO2. The largest absolute Gasteiger partial charge is 0.411 e. The third-order valence-corrected chi connectivity index (χ3v) is 1.94. The van der Waals surface area contributed by atoms with Gasteiger partial charge in [0.15, 0.2) is 0 Å². The fourth-order valence-electron chi connectivity index (χ4n) is 1.56. The molecule has 0 aromatic carbocycles. The zero-order valence-electron chi connectivity index (χ0n) is 7.51. The summed E-state index contributed by atoms with van der Waals surface area (Å²) in [6, 6.07) is 0. The molecule has 3 heteroatoms. The summed E-state index contributed by atoms with van der Waals surface area (Å²) in [4.78, 5) is 0. The zero-order valence-corrected chi connectivity index (χ0v) is 7.51. The molecule has 0 radical (unpaired) electrons. The highest BCUT2D eigenvalue weighted by molar-refractivity contribution is 5.93. The molecule has 0 bridgehead atoms. The van der Waals surface area contributed by atoms with Crippen LogP contribution >= 0.6 is 0 Å². The molecule has 1 rings (SSSR count). The van der Waals surface area contributed by atoms with E-state index in [0.29, 0.717) is 6.42 Å². The van der Waals surface area contributed by atoms with Gasteiger partial charge in [0.2, 0.25) is 0 Å². The minimum Gasteiger partial charge on any atom is -0.411 e. The van der Waals surface area contributed by atoms with Crippen molar-refractivity contribution >= 4 is 5.71 Å². The molecule has 0 spiro atoms. The molecule has 1 heterocycles. The molecule has 1 fully saturated rings. The first kappa shape index (κ1) is 8.53. The van der Waals surface area contributed by atoms with Gasteiger partial charge in [0.25, 0.3) is 0 Å². The first-order valence-electron chi connectivity index (χ1n) is 3.79. The number of ether oxygens (including phenoxy) is 1. The highest BCUT2D eigenvalue weighted by atomic mass is 16.5. The Morgan fingerprint density at radius 1 is 1.36 bits per heavy atom. The first-order valence-corrected chi connectivity index (χ1v) is 3.79. The van der Waals surface area contributed by atoms with Crippen molar-refractivity contribution in [2.45, 2.75) is 45.3 Å².